The highest BCUT2D eigenvalue weighted by molar-refractivity contribution is 5.91. The van der Waals surface area contributed by atoms with Crippen LogP contribution in [0.15, 0.2) is 30.6 Å². The molecule has 1 atom stereocenters. The summed E-state index contributed by atoms with van der Waals surface area (Å²) in [4.78, 5) is 23.6. The van der Waals surface area contributed by atoms with Crippen molar-refractivity contribution in [2.45, 2.75) is 58.4 Å². The number of piperidine rings is 1. The van der Waals surface area contributed by atoms with Crippen LogP contribution in [0.3, 0.4) is 0 Å². The summed E-state index contributed by atoms with van der Waals surface area (Å²) in [6.45, 7) is 6.05. The molecule has 1 aliphatic heterocycles. The Morgan fingerprint density at radius 3 is 2.86 bits per heavy atom. The molecule has 6 heteroatoms. The predicted molar refractivity (Wildman–Crippen MR) is 117 cm³/mol. The summed E-state index contributed by atoms with van der Waals surface area (Å²) in [5.41, 5.74) is 3.19. The Morgan fingerprint density at radius 1 is 1.17 bits per heavy atom. The predicted octanol–water partition coefficient (Wildman–Crippen LogP) is 4.30. The summed E-state index contributed by atoms with van der Waals surface area (Å²) in [6, 6.07) is 8.81. The van der Waals surface area contributed by atoms with E-state index in [-0.39, 0.29) is 5.91 Å². The minimum atomic E-state index is 0.105. The number of amides is 1. The molecule has 0 radical (unpaired) electrons. The molecule has 0 spiro atoms. The first-order valence-corrected chi connectivity index (χ1v) is 10.8. The molecule has 6 nitrogen and oxygen atoms in total. The van der Waals surface area contributed by atoms with Crippen LogP contribution in [0, 0.1) is 19.8 Å². The molecule has 29 heavy (non-hydrogen) atoms. The number of rotatable bonds is 7. The van der Waals surface area contributed by atoms with Crippen LogP contribution in [0.1, 0.15) is 49.7 Å². The normalized spacial score (nSPS) is 19.1. The number of nitrogens with one attached hydrogen (secondary N) is 2. The summed E-state index contributed by atoms with van der Waals surface area (Å²) >= 11 is 0. The third kappa shape index (κ3) is 5.46. The fourth-order valence-electron chi connectivity index (χ4n) is 3.96. The van der Waals surface area contributed by atoms with Crippen LogP contribution in [0.2, 0.25) is 0 Å². The smallest absolute Gasteiger partial charge is 0.224 e. The van der Waals surface area contributed by atoms with E-state index >= 15 is 0 Å². The molecule has 2 N–H and O–H groups in total. The van der Waals surface area contributed by atoms with Gasteiger partial charge >= 0.3 is 0 Å². The van der Waals surface area contributed by atoms with Crippen molar-refractivity contribution >= 4 is 23.2 Å². The number of nitrogens with zero attached hydrogens (tertiary/aromatic N) is 3. The third-order valence-corrected chi connectivity index (χ3v) is 5.87. The molecule has 1 amide bonds. The second-order valence-corrected chi connectivity index (χ2v) is 8.54. The van der Waals surface area contributed by atoms with E-state index in [9.17, 15) is 4.79 Å². The van der Waals surface area contributed by atoms with Gasteiger partial charge in [0, 0.05) is 37.3 Å². The van der Waals surface area contributed by atoms with Gasteiger partial charge in [0.05, 0.1) is 0 Å². The van der Waals surface area contributed by atoms with Gasteiger partial charge in [0.1, 0.15) is 18.0 Å². The average molecular weight is 394 g/mol. The van der Waals surface area contributed by atoms with Crippen molar-refractivity contribution in [1.82, 2.24) is 9.97 Å². The zero-order chi connectivity index (χ0) is 20.2. The zero-order valence-electron chi connectivity index (χ0n) is 17.4. The molecule has 2 heterocycles. The van der Waals surface area contributed by atoms with E-state index in [2.05, 4.69) is 43.7 Å². The SMILES string of the molecule is Cc1ccc(C)c(NC(=O)CC[C@H]2CCCN(c3cc(NC4CC4)ncn3)C2)c1. The quantitative estimate of drug-likeness (QED) is 0.734. The Labute approximate surface area is 173 Å². The summed E-state index contributed by atoms with van der Waals surface area (Å²) in [7, 11) is 0. The van der Waals surface area contributed by atoms with Crippen LogP contribution in [-0.4, -0.2) is 35.0 Å². The largest absolute Gasteiger partial charge is 0.367 e. The van der Waals surface area contributed by atoms with E-state index in [4.69, 9.17) is 0 Å². The van der Waals surface area contributed by atoms with Gasteiger partial charge in [-0.25, -0.2) is 9.97 Å². The molecular formula is C23H31N5O. The van der Waals surface area contributed by atoms with Crippen molar-refractivity contribution in [2.75, 3.05) is 28.6 Å². The molecule has 2 fully saturated rings. The fraction of sp³-hybridized carbons (Fsp3) is 0.522. The van der Waals surface area contributed by atoms with Gasteiger partial charge in [-0.05, 0) is 69.1 Å². The van der Waals surface area contributed by atoms with E-state index in [0.29, 0.717) is 18.4 Å². The molecule has 1 aromatic heterocycles. The maximum atomic E-state index is 12.5. The van der Waals surface area contributed by atoms with Crippen LogP contribution in [-0.2, 0) is 4.79 Å². The molecule has 1 saturated heterocycles. The Balaban J connectivity index is 1.29. The standard InChI is InChI=1S/C23H31N5O/c1-16-5-6-17(2)20(12-16)27-23(29)10-7-18-4-3-11-28(14-18)22-13-21(24-15-25-22)26-19-8-9-19/h5-6,12-13,15,18-19H,3-4,7-11,14H2,1-2H3,(H,27,29)(H,24,25,26)/t18-/m1/s1. The van der Waals surface area contributed by atoms with Crippen LogP contribution < -0.4 is 15.5 Å². The molecule has 1 aliphatic carbocycles. The Bertz CT molecular complexity index is 864. The highest BCUT2D eigenvalue weighted by Gasteiger charge is 2.24. The van der Waals surface area contributed by atoms with Gasteiger partial charge in [-0.15, -0.1) is 0 Å². The van der Waals surface area contributed by atoms with Crippen molar-refractivity contribution in [1.29, 1.82) is 0 Å². The lowest BCUT2D eigenvalue weighted by atomic mass is 9.93. The van der Waals surface area contributed by atoms with Crippen LogP contribution >= 0.6 is 0 Å². The van der Waals surface area contributed by atoms with E-state index < -0.39 is 0 Å². The minimum Gasteiger partial charge on any atom is -0.367 e. The van der Waals surface area contributed by atoms with E-state index in [1.807, 2.05) is 19.9 Å². The van der Waals surface area contributed by atoms with Crippen molar-refractivity contribution in [3.63, 3.8) is 0 Å². The van der Waals surface area contributed by atoms with Crippen LogP contribution in [0.5, 0.6) is 0 Å². The van der Waals surface area contributed by atoms with Gasteiger partial charge in [0.25, 0.3) is 0 Å². The second kappa shape index (κ2) is 8.80. The van der Waals surface area contributed by atoms with Gasteiger partial charge < -0.3 is 15.5 Å². The fourth-order valence-corrected chi connectivity index (χ4v) is 3.96. The highest BCUT2D eigenvalue weighted by Crippen LogP contribution is 2.28. The van der Waals surface area contributed by atoms with Gasteiger partial charge in [0.15, 0.2) is 0 Å². The molecule has 2 aromatic rings. The van der Waals surface area contributed by atoms with Crippen molar-refractivity contribution in [3.05, 3.63) is 41.7 Å². The third-order valence-electron chi connectivity index (χ3n) is 5.87. The summed E-state index contributed by atoms with van der Waals surface area (Å²) in [6.07, 6.45) is 7.89. The topological polar surface area (TPSA) is 70.2 Å². The first kappa shape index (κ1) is 19.7. The van der Waals surface area contributed by atoms with Crippen molar-refractivity contribution < 1.29 is 4.79 Å². The number of aryl methyl sites for hydroxylation is 2. The molecule has 0 bridgehead atoms. The Hall–Kier alpha value is -2.63. The van der Waals surface area contributed by atoms with Crippen LogP contribution in [0.25, 0.3) is 0 Å². The molecule has 4 rings (SSSR count). The highest BCUT2D eigenvalue weighted by atomic mass is 16.1. The van der Waals surface area contributed by atoms with E-state index in [0.717, 1.165) is 54.4 Å². The molecular weight excluding hydrogens is 362 g/mol. The zero-order valence-corrected chi connectivity index (χ0v) is 17.4. The summed E-state index contributed by atoms with van der Waals surface area (Å²) in [5.74, 6) is 2.54. The van der Waals surface area contributed by atoms with Gasteiger partial charge in [-0.3, -0.25) is 4.79 Å². The number of carbonyl (C=O) groups is 1. The number of hydrogen-bond donors (Lipinski definition) is 2. The summed E-state index contributed by atoms with van der Waals surface area (Å²) < 4.78 is 0. The first-order valence-electron chi connectivity index (χ1n) is 10.8. The van der Waals surface area contributed by atoms with E-state index in [1.165, 1.54) is 19.3 Å². The number of carbonyl (C=O) groups excluding carboxylic acids is 1. The molecule has 1 aromatic carbocycles. The number of benzene rings is 1. The Kier molecular flexibility index (Phi) is 5.97. The van der Waals surface area contributed by atoms with Gasteiger partial charge in [-0.1, -0.05) is 12.1 Å². The molecule has 2 aliphatic rings. The van der Waals surface area contributed by atoms with Gasteiger partial charge in [0.2, 0.25) is 5.91 Å². The molecule has 1 saturated carbocycles. The van der Waals surface area contributed by atoms with Crippen LogP contribution in [0.4, 0.5) is 17.3 Å². The maximum absolute atomic E-state index is 12.5. The van der Waals surface area contributed by atoms with E-state index in [1.54, 1.807) is 6.33 Å². The van der Waals surface area contributed by atoms with Crippen molar-refractivity contribution in [2.24, 2.45) is 5.92 Å². The number of hydrogen-bond acceptors (Lipinski definition) is 5. The lowest BCUT2D eigenvalue weighted by Gasteiger charge is -2.33. The first-order chi connectivity index (χ1) is 14.1. The summed E-state index contributed by atoms with van der Waals surface area (Å²) in [5, 5.41) is 6.53. The Morgan fingerprint density at radius 2 is 2.03 bits per heavy atom. The molecule has 0 unspecified atom stereocenters. The number of aromatic nitrogens is 2. The molecule has 154 valence electrons. The lowest BCUT2D eigenvalue weighted by molar-refractivity contribution is -0.116. The lowest BCUT2D eigenvalue weighted by Crippen LogP contribution is -2.36. The minimum absolute atomic E-state index is 0.105. The second-order valence-electron chi connectivity index (χ2n) is 8.54. The van der Waals surface area contributed by atoms with Crippen molar-refractivity contribution in [3.8, 4) is 0 Å². The average Bonchev–Trinajstić information content (AvgIpc) is 3.54. The van der Waals surface area contributed by atoms with Gasteiger partial charge in [-0.2, -0.15) is 0 Å². The maximum Gasteiger partial charge on any atom is 0.224 e. The number of anilines is 3. The monoisotopic (exact) mass is 393 g/mol.